The zero-order valence-corrected chi connectivity index (χ0v) is 19.1. The number of methoxy groups -OCH3 is 3. The molecule has 0 spiro atoms. The molecule has 0 N–H and O–H groups in total. The Morgan fingerprint density at radius 3 is 2.03 bits per heavy atom. The van der Waals surface area contributed by atoms with Gasteiger partial charge in [-0.25, -0.2) is 0 Å². The highest BCUT2D eigenvalue weighted by Crippen LogP contribution is 2.39. The van der Waals surface area contributed by atoms with Gasteiger partial charge in [-0.15, -0.1) is 0 Å². The second-order valence-corrected chi connectivity index (χ2v) is 7.74. The van der Waals surface area contributed by atoms with Crippen molar-refractivity contribution in [2.24, 2.45) is 0 Å². The molecule has 1 aliphatic heterocycles. The van der Waals surface area contributed by atoms with Crippen molar-refractivity contribution < 1.29 is 23.8 Å². The van der Waals surface area contributed by atoms with Crippen LogP contribution >= 0.6 is 0 Å². The average Bonchev–Trinajstić information content (AvgIpc) is 2.85. The van der Waals surface area contributed by atoms with Gasteiger partial charge in [0.25, 0.3) is 5.91 Å². The summed E-state index contributed by atoms with van der Waals surface area (Å²) in [6.45, 7) is 1.85. The normalized spacial score (nSPS) is 16.1. The molecule has 1 unspecified atom stereocenters. The fourth-order valence-electron chi connectivity index (χ4n) is 3.98. The number of amides is 2. The molecule has 1 saturated heterocycles. The van der Waals surface area contributed by atoms with Crippen LogP contribution in [-0.4, -0.2) is 39.7 Å². The minimum atomic E-state index is -0.837. The van der Waals surface area contributed by atoms with Crippen LogP contribution in [0.4, 0.5) is 11.4 Å². The molecule has 3 aromatic carbocycles. The number of nitrogens with zero attached hydrogens (tertiary/aromatic N) is 2. The first-order chi connectivity index (χ1) is 16.0. The molecule has 0 aliphatic carbocycles. The quantitative estimate of drug-likeness (QED) is 0.569. The Morgan fingerprint density at radius 1 is 0.788 bits per heavy atom. The fourth-order valence-corrected chi connectivity index (χ4v) is 3.98. The van der Waals surface area contributed by atoms with E-state index in [4.69, 9.17) is 14.2 Å². The van der Waals surface area contributed by atoms with Gasteiger partial charge in [-0.3, -0.25) is 19.4 Å². The highest BCUT2D eigenvalue weighted by atomic mass is 16.5. The van der Waals surface area contributed by atoms with Crippen molar-refractivity contribution in [3.8, 4) is 17.2 Å². The third-order valence-electron chi connectivity index (χ3n) is 5.74. The third-order valence-corrected chi connectivity index (χ3v) is 5.74. The van der Waals surface area contributed by atoms with Crippen LogP contribution in [0.25, 0.3) is 0 Å². The summed E-state index contributed by atoms with van der Waals surface area (Å²) >= 11 is 0. The van der Waals surface area contributed by atoms with E-state index >= 15 is 0 Å². The van der Waals surface area contributed by atoms with Crippen LogP contribution in [0, 0.1) is 6.92 Å². The standard InChI is InChI=1S/C26H26N2O5/c1-17-5-7-18(8-6-17)25-26(30)27(22-15-21(32-3)13-14-23(22)33-4)16-24(29)28(25)19-9-11-20(31-2)12-10-19/h5-15,25H,16H2,1-4H3. The van der Waals surface area contributed by atoms with Crippen LogP contribution in [0.2, 0.25) is 0 Å². The largest absolute Gasteiger partial charge is 0.497 e. The third kappa shape index (κ3) is 4.22. The smallest absolute Gasteiger partial charge is 0.255 e. The van der Waals surface area contributed by atoms with Crippen molar-refractivity contribution in [1.29, 1.82) is 0 Å². The summed E-state index contributed by atoms with van der Waals surface area (Å²) in [4.78, 5) is 30.5. The number of aryl methyl sites for hydroxylation is 1. The van der Waals surface area contributed by atoms with Crippen LogP contribution in [0.3, 0.4) is 0 Å². The summed E-state index contributed by atoms with van der Waals surface area (Å²) in [7, 11) is 4.66. The Morgan fingerprint density at radius 2 is 1.42 bits per heavy atom. The van der Waals surface area contributed by atoms with Crippen molar-refractivity contribution in [3.05, 3.63) is 77.9 Å². The molecular weight excluding hydrogens is 420 g/mol. The van der Waals surface area contributed by atoms with E-state index in [1.54, 1.807) is 61.6 Å². The van der Waals surface area contributed by atoms with E-state index in [-0.39, 0.29) is 18.4 Å². The molecule has 7 nitrogen and oxygen atoms in total. The number of piperazine rings is 1. The Kier molecular flexibility index (Phi) is 6.22. The second kappa shape index (κ2) is 9.24. The van der Waals surface area contributed by atoms with Crippen LogP contribution in [0.1, 0.15) is 17.2 Å². The van der Waals surface area contributed by atoms with E-state index in [9.17, 15) is 9.59 Å². The van der Waals surface area contributed by atoms with Crippen LogP contribution in [-0.2, 0) is 9.59 Å². The van der Waals surface area contributed by atoms with Gasteiger partial charge in [-0.2, -0.15) is 0 Å². The molecule has 0 saturated carbocycles. The second-order valence-electron chi connectivity index (χ2n) is 7.74. The van der Waals surface area contributed by atoms with E-state index in [1.165, 1.54) is 12.0 Å². The molecule has 7 heteroatoms. The molecule has 2 amide bonds. The fraction of sp³-hybridized carbons (Fsp3) is 0.231. The van der Waals surface area contributed by atoms with E-state index in [0.29, 0.717) is 28.6 Å². The summed E-state index contributed by atoms with van der Waals surface area (Å²) in [5, 5.41) is 0. The monoisotopic (exact) mass is 446 g/mol. The maximum atomic E-state index is 13.9. The van der Waals surface area contributed by atoms with Crippen LogP contribution in [0.5, 0.6) is 17.2 Å². The summed E-state index contributed by atoms with van der Waals surface area (Å²) in [6.07, 6.45) is 0. The molecule has 3 aromatic rings. The lowest BCUT2D eigenvalue weighted by atomic mass is 9.98. The van der Waals surface area contributed by atoms with E-state index < -0.39 is 6.04 Å². The highest BCUT2D eigenvalue weighted by molar-refractivity contribution is 6.15. The van der Waals surface area contributed by atoms with Gasteiger partial charge in [-0.05, 0) is 48.9 Å². The summed E-state index contributed by atoms with van der Waals surface area (Å²) in [6, 6.07) is 19.1. The number of benzene rings is 3. The van der Waals surface area contributed by atoms with Crippen molar-refractivity contribution >= 4 is 23.2 Å². The lowest BCUT2D eigenvalue weighted by molar-refractivity contribution is -0.128. The van der Waals surface area contributed by atoms with Gasteiger partial charge in [0.15, 0.2) is 0 Å². The molecule has 170 valence electrons. The first-order valence-corrected chi connectivity index (χ1v) is 10.5. The average molecular weight is 447 g/mol. The van der Waals surface area contributed by atoms with E-state index in [0.717, 1.165) is 11.1 Å². The molecule has 4 rings (SSSR count). The first kappa shape index (κ1) is 22.2. The van der Waals surface area contributed by atoms with Gasteiger partial charge in [0, 0.05) is 11.8 Å². The number of hydrogen-bond donors (Lipinski definition) is 0. The summed E-state index contributed by atoms with van der Waals surface area (Å²) in [5.74, 6) is 1.27. The Hall–Kier alpha value is -4.00. The lowest BCUT2D eigenvalue weighted by Gasteiger charge is -2.40. The van der Waals surface area contributed by atoms with Crippen molar-refractivity contribution in [2.45, 2.75) is 13.0 Å². The van der Waals surface area contributed by atoms with Gasteiger partial charge in [0.1, 0.15) is 29.8 Å². The molecule has 1 aliphatic rings. The zero-order chi connectivity index (χ0) is 23.5. The number of anilines is 2. The number of hydrogen-bond acceptors (Lipinski definition) is 5. The maximum absolute atomic E-state index is 13.9. The topological polar surface area (TPSA) is 68.3 Å². The highest BCUT2D eigenvalue weighted by Gasteiger charge is 2.42. The van der Waals surface area contributed by atoms with Gasteiger partial charge >= 0.3 is 0 Å². The predicted octanol–water partition coefficient (Wildman–Crippen LogP) is 4.14. The molecule has 0 radical (unpaired) electrons. The minimum Gasteiger partial charge on any atom is -0.497 e. The molecule has 1 fully saturated rings. The Labute approximate surface area is 193 Å². The molecule has 0 bridgehead atoms. The van der Waals surface area contributed by atoms with Gasteiger partial charge in [-0.1, -0.05) is 29.8 Å². The predicted molar refractivity (Wildman–Crippen MR) is 126 cm³/mol. The molecule has 0 aromatic heterocycles. The van der Waals surface area contributed by atoms with E-state index in [2.05, 4.69) is 0 Å². The molecule has 1 heterocycles. The van der Waals surface area contributed by atoms with Crippen LogP contribution < -0.4 is 24.0 Å². The Bertz CT molecular complexity index is 1160. The van der Waals surface area contributed by atoms with Crippen molar-refractivity contribution in [1.82, 2.24) is 0 Å². The number of carbonyl (C=O) groups is 2. The number of rotatable bonds is 6. The minimum absolute atomic E-state index is 0.128. The number of carbonyl (C=O) groups excluding carboxylic acids is 2. The summed E-state index contributed by atoms with van der Waals surface area (Å²) in [5.41, 5.74) is 2.90. The summed E-state index contributed by atoms with van der Waals surface area (Å²) < 4.78 is 16.1. The number of ether oxygens (including phenoxy) is 3. The maximum Gasteiger partial charge on any atom is 0.255 e. The zero-order valence-electron chi connectivity index (χ0n) is 19.1. The lowest BCUT2D eigenvalue weighted by Crippen LogP contribution is -2.56. The van der Waals surface area contributed by atoms with Crippen LogP contribution in [0.15, 0.2) is 66.7 Å². The molecule has 1 atom stereocenters. The molecular formula is C26H26N2O5. The van der Waals surface area contributed by atoms with Gasteiger partial charge in [0.2, 0.25) is 5.91 Å². The molecule has 33 heavy (non-hydrogen) atoms. The SMILES string of the molecule is COc1ccc(N2C(=O)CN(c3cc(OC)ccc3OC)C(=O)C2c2ccc(C)cc2)cc1. The van der Waals surface area contributed by atoms with Crippen molar-refractivity contribution in [3.63, 3.8) is 0 Å². The van der Waals surface area contributed by atoms with Gasteiger partial charge < -0.3 is 14.2 Å². The van der Waals surface area contributed by atoms with Crippen molar-refractivity contribution in [2.75, 3.05) is 37.7 Å². The van der Waals surface area contributed by atoms with Gasteiger partial charge in [0.05, 0.1) is 27.0 Å². The first-order valence-electron chi connectivity index (χ1n) is 10.5. The van der Waals surface area contributed by atoms with E-state index in [1.807, 2.05) is 31.2 Å². The Balaban J connectivity index is 1.82.